The first-order chi connectivity index (χ1) is 9.21. The lowest BCUT2D eigenvalue weighted by Gasteiger charge is -2.11. The number of benzene rings is 1. The number of methoxy groups -OCH3 is 2. The molecule has 1 unspecified atom stereocenters. The zero-order chi connectivity index (χ0) is 14.1. The molecule has 0 radical (unpaired) electrons. The van der Waals surface area contributed by atoms with E-state index in [0.29, 0.717) is 18.1 Å². The van der Waals surface area contributed by atoms with Crippen LogP contribution >= 0.6 is 0 Å². The van der Waals surface area contributed by atoms with E-state index >= 15 is 0 Å². The molecule has 0 fully saturated rings. The van der Waals surface area contributed by atoms with Gasteiger partial charge in [0.1, 0.15) is 5.75 Å². The molecule has 4 nitrogen and oxygen atoms in total. The Labute approximate surface area is 118 Å². The largest absolute Gasteiger partial charge is 0.496 e. The number of hydrogen-bond acceptors (Lipinski definition) is 4. The van der Waals surface area contributed by atoms with E-state index in [4.69, 9.17) is 9.47 Å². The van der Waals surface area contributed by atoms with Gasteiger partial charge >= 0.3 is 0 Å². The molecule has 108 valence electrons. The van der Waals surface area contributed by atoms with Crippen molar-refractivity contribution in [1.29, 1.82) is 0 Å². The maximum atomic E-state index is 11.9. The van der Waals surface area contributed by atoms with Gasteiger partial charge < -0.3 is 14.8 Å². The monoisotopic (exact) mass is 285 g/mol. The highest BCUT2D eigenvalue weighted by atomic mass is 32.2. The Morgan fingerprint density at radius 3 is 2.74 bits per heavy atom. The third kappa shape index (κ3) is 5.72. The van der Waals surface area contributed by atoms with Crippen molar-refractivity contribution in [2.75, 3.05) is 33.1 Å². The molecule has 0 aliphatic carbocycles. The van der Waals surface area contributed by atoms with Crippen molar-refractivity contribution in [3.8, 4) is 5.75 Å². The zero-order valence-electron chi connectivity index (χ0n) is 11.9. The van der Waals surface area contributed by atoms with Crippen molar-refractivity contribution in [1.82, 2.24) is 5.32 Å². The highest BCUT2D eigenvalue weighted by Crippen LogP contribution is 2.21. The van der Waals surface area contributed by atoms with E-state index in [1.54, 1.807) is 14.2 Å². The summed E-state index contributed by atoms with van der Waals surface area (Å²) in [5, 5.41) is 3.28. The van der Waals surface area contributed by atoms with Crippen molar-refractivity contribution < 1.29 is 13.7 Å². The van der Waals surface area contributed by atoms with Crippen molar-refractivity contribution in [3.63, 3.8) is 0 Å². The van der Waals surface area contributed by atoms with Crippen LogP contribution in [0.1, 0.15) is 18.1 Å². The number of rotatable bonds is 9. The average Bonchev–Trinajstić information content (AvgIpc) is 2.43. The lowest BCUT2D eigenvalue weighted by Crippen LogP contribution is -2.12. The first-order valence-corrected chi connectivity index (χ1v) is 7.90. The van der Waals surface area contributed by atoms with Crippen molar-refractivity contribution in [3.05, 3.63) is 29.3 Å². The Balaban J connectivity index is 2.74. The highest BCUT2D eigenvalue weighted by molar-refractivity contribution is 7.84. The SMILES string of the molecule is CCNCc1ccc(OC)c(CS(=O)CCOC)c1. The van der Waals surface area contributed by atoms with E-state index in [1.807, 2.05) is 12.1 Å². The van der Waals surface area contributed by atoms with Gasteiger partial charge in [0.25, 0.3) is 0 Å². The highest BCUT2D eigenvalue weighted by Gasteiger charge is 2.08. The zero-order valence-corrected chi connectivity index (χ0v) is 12.7. The van der Waals surface area contributed by atoms with Crippen LogP contribution in [0, 0.1) is 0 Å². The number of nitrogens with one attached hydrogen (secondary N) is 1. The third-order valence-electron chi connectivity index (χ3n) is 2.76. The summed E-state index contributed by atoms with van der Waals surface area (Å²) in [6.45, 7) is 4.34. The molecule has 0 heterocycles. The summed E-state index contributed by atoms with van der Waals surface area (Å²) >= 11 is 0. The fourth-order valence-electron chi connectivity index (χ4n) is 1.75. The van der Waals surface area contributed by atoms with E-state index < -0.39 is 10.8 Å². The molecule has 0 bridgehead atoms. The van der Waals surface area contributed by atoms with Crippen molar-refractivity contribution >= 4 is 10.8 Å². The van der Waals surface area contributed by atoms with Gasteiger partial charge in [-0.15, -0.1) is 0 Å². The van der Waals surface area contributed by atoms with Gasteiger partial charge in [0.2, 0.25) is 0 Å². The second kappa shape index (κ2) is 9.07. The van der Waals surface area contributed by atoms with Gasteiger partial charge in [0, 0.05) is 35.8 Å². The van der Waals surface area contributed by atoms with Crippen LogP contribution in [0.15, 0.2) is 18.2 Å². The van der Waals surface area contributed by atoms with Crippen LogP contribution in [0.5, 0.6) is 5.75 Å². The lowest BCUT2D eigenvalue weighted by molar-refractivity contribution is 0.218. The van der Waals surface area contributed by atoms with Gasteiger partial charge in [-0.2, -0.15) is 0 Å². The maximum absolute atomic E-state index is 11.9. The van der Waals surface area contributed by atoms with Gasteiger partial charge in [0.05, 0.1) is 19.5 Å². The molecule has 0 saturated heterocycles. The van der Waals surface area contributed by atoms with E-state index in [2.05, 4.69) is 18.3 Å². The summed E-state index contributed by atoms with van der Waals surface area (Å²) < 4.78 is 22.2. The van der Waals surface area contributed by atoms with E-state index in [-0.39, 0.29) is 0 Å². The molecular formula is C14H23NO3S. The van der Waals surface area contributed by atoms with Gasteiger partial charge in [0.15, 0.2) is 0 Å². The summed E-state index contributed by atoms with van der Waals surface area (Å²) in [7, 11) is 2.34. The van der Waals surface area contributed by atoms with Crippen LogP contribution in [0.4, 0.5) is 0 Å². The van der Waals surface area contributed by atoms with Crippen LogP contribution in [0.2, 0.25) is 0 Å². The minimum absolute atomic E-state index is 0.506. The minimum atomic E-state index is -0.922. The fourth-order valence-corrected chi connectivity index (χ4v) is 2.82. The van der Waals surface area contributed by atoms with E-state index in [0.717, 1.165) is 24.4 Å². The molecule has 1 aromatic rings. The summed E-state index contributed by atoms with van der Waals surface area (Å²) in [4.78, 5) is 0. The Hall–Kier alpha value is -0.910. The third-order valence-corrected chi connectivity index (χ3v) is 4.01. The molecule has 0 saturated carbocycles. The Morgan fingerprint density at radius 2 is 2.11 bits per heavy atom. The molecule has 1 aromatic carbocycles. The van der Waals surface area contributed by atoms with Crippen LogP contribution in [-0.4, -0.2) is 37.3 Å². The molecule has 1 atom stereocenters. The summed E-state index contributed by atoms with van der Waals surface area (Å²) in [6.07, 6.45) is 0. The van der Waals surface area contributed by atoms with Crippen LogP contribution in [0.3, 0.4) is 0 Å². The predicted octanol–water partition coefficient (Wildman–Crippen LogP) is 1.70. The van der Waals surface area contributed by atoms with Crippen molar-refractivity contribution in [2.24, 2.45) is 0 Å². The minimum Gasteiger partial charge on any atom is -0.496 e. The second-order valence-electron chi connectivity index (χ2n) is 4.21. The Kier molecular flexibility index (Phi) is 7.70. The molecule has 1 N–H and O–H groups in total. The van der Waals surface area contributed by atoms with E-state index in [9.17, 15) is 4.21 Å². The van der Waals surface area contributed by atoms with Crippen molar-refractivity contribution in [2.45, 2.75) is 19.2 Å². The molecule has 0 aliphatic rings. The quantitative estimate of drug-likeness (QED) is 0.750. The number of ether oxygens (including phenoxy) is 2. The smallest absolute Gasteiger partial charge is 0.123 e. The Bertz CT molecular complexity index is 410. The molecule has 0 aromatic heterocycles. The number of hydrogen-bond donors (Lipinski definition) is 1. The lowest BCUT2D eigenvalue weighted by atomic mass is 10.1. The molecule has 19 heavy (non-hydrogen) atoms. The molecule has 5 heteroatoms. The molecular weight excluding hydrogens is 262 g/mol. The average molecular weight is 285 g/mol. The van der Waals surface area contributed by atoms with Crippen LogP contribution in [-0.2, 0) is 27.8 Å². The first kappa shape index (κ1) is 16.1. The second-order valence-corrected chi connectivity index (χ2v) is 5.78. The molecule has 0 spiro atoms. The predicted molar refractivity (Wildman–Crippen MR) is 79.0 cm³/mol. The standard InChI is InChI=1S/C14H23NO3S/c1-4-15-10-12-5-6-14(18-3)13(9-12)11-19(16)8-7-17-2/h5-6,9,15H,4,7-8,10-11H2,1-3H3. The molecule has 0 amide bonds. The Morgan fingerprint density at radius 1 is 1.32 bits per heavy atom. The molecule has 1 rings (SSSR count). The van der Waals surface area contributed by atoms with Gasteiger partial charge in [-0.3, -0.25) is 4.21 Å². The summed E-state index contributed by atoms with van der Waals surface area (Å²) in [5.74, 6) is 1.86. The van der Waals surface area contributed by atoms with Crippen LogP contribution in [0.25, 0.3) is 0 Å². The fraction of sp³-hybridized carbons (Fsp3) is 0.571. The normalized spacial score (nSPS) is 12.4. The molecule has 0 aliphatic heterocycles. The van der Waals surface area contributed by atoms with Crippen LogP contribution < -0.4 is 10.1 Å². The first-order valence-electron chi connectivity index (χ1n) is 6.41. The van der Waals surface area contributed by atoms with E-state index in [1.165, 1.54) is 5.56 Å². The van der Waals surface area contributed by atoms with Gasteiger partial charge in [-0.25, -0.2) is 0 Å². The van der Waals surface area contributed by atoms with Gasteiger partial charge in [-0.1, -0.05) is 13.0 Å². The van der Waals surface area contributed by atoms with Gasteiger partial charge in [-0.05, 0) is 24.2 Å². The topological polar surface area (TPSA) is 47.6 Å². The maximum Gasteiger partial charge on any atom is 0.123 e. The summed E-state index contributed by atoms with van der Waals surface area (Å²) in [5.41, 5.74) is 2.17. The summed E-state index contributed by atoms with van der Waals surface area (Å²) in [6, 6.07) is 6.03.